The van der Waals surface area contributed by atoms with Gasteiger partial charge in [-0.1, -0.05) is 201 Å². The van der Waals surface area contributed by atoms with E-state index >= 15 is 0 Å². The third-order valence-corrected chi connectivity index (χ3v) is 14.0. The van der Waals surface area contributed by atoms with Crippen molar-refractivity contribution in [3.05, 3.63) is 230 Å². The monoisotopic (exact) mass is 897 g/mol. The van der Waals surface area contributed by atoms with E-state index in [2.05, 4.69) is 283 Å². The van der Waals surface area contributed by atoms with Crippen LogP contribution < -0.4 is 4.90 Å². The summed E-state index contributed by atoms with van der Waals surface area (Å²) in [6.45, 7) is 18.7. The average Bonchev–Trinajstić information content (AvgIpc) is 3.69. The van der Waals surface area contributed by atoms with Crippen molar-refractivity contribution < 1.29 is 0 Å². The third kappa shape index (κ3) is 9.54. The number of hydrogen-bond donors (Lipinski definition) is 0. The second-order valence-electron chi connectivity index (χ2n) is 21.6. The number of anilines is 3. The van der Waals surface area contributed by atoms with E-state index in [1.54, 1.807) is 0 Å². The lowest BCUT2D eigenvalue weighted by atomic mass is 9.69. The molecule has 0 aliphatic heterocycles. The lowest BCUT2D eigenvalue weighted by molar-refractivity contribution is 0.229. The van der Waals surface area contributed by atoms with Crippen LogP contribution in [0.15, 0.2) is 218 Å². The first-order valence-corrected chi connectivity index (χ1v) is 24.8. The zero-order valence-corrected chi connectivity index (χ0v) is 41.5. The van der Waals surface area contributed by atoms with Crippen LogP contribution >= 0.6 is 0 Å². The summed E-state index contributed by atoms with van der Waals surface area (Å²) in [5.74, 6) is 0.947. The molecule has 1 atom stereocenters. The minimum atomic E-state index is 0.171. The molecule has 0 radical (unpaired) electrons. The van der Waals surface area contributed by atoms with E-state index in [1.807, 2.05) is 0 Å². The molecule has 0 aliphatic rings. The summed E-state index contributed by atoms with van der Waals surface area (Å²) in [7, 11) is 0. The first-order valence-electron chi connectivity index (χ1n) is 24.8. The summed E-state index contributed by atoms with van der Waals surface area (Å²) in [4.78, 5) is 2.36. The average molecular weight is 897 g/mol. The Labute approximate surface area is 410 Å². The Morgan fingerprint density at radius 1 is 0.377 bits per heavy atom. The Hall–Kier alpha value is -7.42. The normalized spacial score (nSPS) is 12.5. The fourth-order valence-corrected chi connectivity index (χ4v) is 10.2. The maximum atomic E-state index is 2.44. The number of nitrogens with zero attached hydrogens (tertiary/aromatic N) is 2. The van der Waals surface area contributed by atoms with Crippen molar-refractivity contribution in [1.82, 2.24) is 4.57 Å². The van der Waals surface area contributed by atoms with Gasteiger partial charge in [0.2, 0.25) is 0 Å². The summed E-state index contributed by atoms with van der Waals surface area (Å²) in [5.41, 5.74) is 19.7. The van der Waals surface area contributed by atoms with Crippen LogP contribution in [-0.2, 0) is 0 Å². The van der Waals surface area contributed by atoms with Crippen molar-refractivity contribution in [2.24, 2.45) is 10.8 Å². The summed E-state index contributed by atoms with van der Waals surface area (Å²) in [5, 5.41) is 2.50. The molecule has 1 unspecified atom stereocenters. The van der Waals surface area contributed by atoms with Crippen molar-refractivity contribution >= 4 is 38.9 Å². The second-order valence-corrected chi connectivity index (χ2v) is 21.6. The molecular formula is C67H64N2. The highest BCUT2D eigenvalue weighted by molar-refractivity contribution is 6.11. The number of hydrogen-bond acceptors (Lipinski definition) is 1. The van der Waals surface area contributed by atoms with Gasteiger partial charge in [0.05, 0.1) is 11.0 Å². The van der Waals surface area contributed by atoms with Gasteiger partial charge in [-0.2, -0.15) is 0 Å². The molecule has 1 aromatic heterocycles. The van der Waals surface area contributed by atoms with Crippen LogP contribution in [-0.4, -0.2) is 4.57 Å². The van der Waals surface area contributed by atoms with Crippen molar-refractivity contribution in [3.8, 4) is 50.2 Å². The third-order valence-electron chi connectivity index (χ3n) is 14.0. The molecule has 9 aromatic carbocycles. The quantitative estimate of drug-likeness (QED) is 0.126. The van der Waals surface area contributed by atoms with Crippen LogP contribution in [0.1, 0.15) is 84.8 Å². The van der Waals surface area contributed by atoms with Gasteiger partial charge in [0.25, 0.3) is 0 Å². The SMILES string of the molecule is CC(C)c1ccc(-n2c3ccc(-c4ccc(C(CC(C)(C)C)C(C)(C)C)cc4)cc3c3cc(-c4ccc(N(c5ccc(-c6ccccc6)cc5)c5ccc(-c6ccccc6)cc5)cc4)ccc32)cc1. The maximum Gasteiger partial charge on any atom is 0.0541 e. The standard InChI is InChI=1S/C67H64N2/c1-46(2)47-23-33-60(34-24-47)69-64-41-31-55(52-19-21-54(22-20-52)63(67(6,7)8)45-66(3,4)5)43-61(64)62-44-56(32-42-65(62)69)53-29-39-59(40-30-53)68(57-35-25-50(26-36-57)48-15-11-9-12-16-48)58-37-27-51(28-38-58)49-17-13-10-14-18-49/h9-44,46,63H,45H2,1-8H3. The van der Waals surface area contributed by atoms with Gasteiger partial charge in [0, 0.05) is 33.5 Å². The van der Waals surface area contributed by atoms with Crippen LogP contribution in [0.25, 0.3) is 72.0 Å². The second kappa shape index (κ2) is 18.6. The molecule has 342 valence electrons. The number of benzene rings is 9. The molecule has 0 fully saturated rings. The predicted molar refractivity (Wildman–Crippen MR) is 298 cm³/mol. The van der Waals surface area contributed by atoms with Gasteiger partial charge < -0.3 is 9.47 Å². The molecule has 0 bridgehead atoms. The summed E-state index contributed by atoms with van der Waals surface area (Å²) in [6, 6.07) is 80.8. The zero-order valence-electron chi connectivity index (χ0n) is 41.5. The molecule has 0 aliphatic carbocycles. The minimum absolute atomic E-state index is 0.171. The Bertz CT molecular complexity index is 3240. The summed E-state index contributed by atoms with van der Waals surface area (Å²) < 4.78 is 2.44. The van der Waals surface area contributed by atoms with E-state index in [9.17, 15) is 0 Å². The Morgan fingerprint density at radius 2 is 0.725 bits per heavy atom. The number of fused-ring (bicyclic) bond motifs is 3. The van der Waals surface area contributed by atoms with E-state index in [1.165, 1.54) is 83.1 Å². The summed E-state index contributed by atoms with van der Waals surface area (Å²) >= 11 is 0. The molecule has 69 heavy (non-hydrogen) atoms. The van der Waals surface area contributed by atoms with Crippen molar-refractivity contribution in [2.75, 3.05) is 4.90 Å². The highest BCUT2D eigenvalue weighted by Crippen LogP contribution is 2.45. The van der Waals surface area contributed by atoms with Gasteiger partial charge in [-0.05, 0) is 158 Å². The molecule has 0 amide bonds. The first-order chi connectivity index (χ1) is 33.3. The largest absolute Gasteiger partial charge is 0.311 e. The van der Waals surface area contributed by atoms with Crippen molar-refractivity contribution in [3.63, 3.8) is 0 Å². The Balaban J connectivity index is 1.04. The molecule has 2 nitrogen and oxygen atoms in total. The van der Waals surface area contributed by atoms with Gasteiger partial charge in [0.15, 0.2) is 0 Å². The van der Waals surface area contributed by atoms with Gasteiger partial charge in [-0.3, -0.25) is 0 Å². The van der Waals surface area contributed by atoms with Crippen LogP contribution in [0.4, 0.5) is 17.1 Å². The smallest absolute Gasteiger partial charge is 0.0541 e. The molecule has 0 saturated heterocycles. The van der Waals surface area contributed by atoms with Gasteiger partial charge >= 0.3 is 0 Å². The van der Waals surface area contributed by atoms with Gasteiger partial charge in [-0.25, -0.2) is 0 Å². The molecule has 0 saturated carbocycles. The Kier molecular flexibility index (Phi) is 12.2. The van der Waals surface area contributed by atoms with Crippen LogP contribution in [0, 0.1) is 10.8 Å². The number of rotatable bonds is 11. The van der Waals surface area contributed by atoms with E-state index < -0.39 is 0 Å². The van der Waals surface area contributed by atoms with E-state index in [0.717, 1.165) is 23.5 Å². The molecule has 0 spiro atoms. The van der Waals surface area contributed by atoms with E-state index in [-0.39, 0.29) is 10.8 Å². The predicted octanol–water partition coefficient (Wildman–Crippen LogP) is 19.6. The molecule has 10 aromatic rings. The van der Waals surface area contributed by atoms with Crippen LogP contribution in [0.2, 0.25) is 0 Å². The van der Waals surface area contributed by atoms with E-state index in [4.69, 9.17) is 0 Å². The Morgan fingerprint density at radius 3 is 1.10 bits per heavy atom. The minimum Gasteiger partial charge on any atom is -0.311 e. The fourth-order valence-electron chi connectivity index (χ4n) is 10.2. The summed E-state index contributed by atoms with van der Waals surface area (Å²) in [6.07, 6.45) is 1.15. The fraction of sp³-hybridized carbons (Fsp3) is 0.194. The lowest BCUT2D eigenvalue weighted by Crippen LogP contribution is -2.23. The zero-order chi connectivity index (χ0) is 47.9. The number of aromatic nitrogens is 1. The van der Waals surface area contributed by atoms with Gasteiger partial charge in [-0.15, -0.1) is 0 Å². The lowest BCUT2D eigenvalue weighted by Gasteiger charge is -2.36. The molecule has 1 heterocycles. The molecule has 0 N–H and O–H groups in total. The highest BCUT2D eigenvalue weighted by atomic mass is 15.1. The van der Waals surface area contributed by atoms with Gasteiger partial charge in [0.1, 0.15) is 0 Å². The first kappa shape index (κ1) is 45.4. The molecular weight excluding hydrogens is 833 g/mol. The highest BCUT2D eigenvalue weighted by Gasteiger charge is 2.30. The molecule has 10 rings (SSSR count). The van der Waals surface area contributed by atoms with E-state index in [0.29, 0.717) is 11.8 Å². The topological polar surface area (TPSA) is 8.17 Å². The molecule has 2 heteroatoms. The van der Waals surface area contributed by atoms with Crippen molar-refractivity contribution in [2.45, 2.75) is 73.6 Å². The van der Waals surface area contributed by atoms with Crippen molar-refractivity contribution in [1.29, 1.82) is 0 Å². The maximum absolute atomic E-state index is 2.44. The van der Waals surface area contributed by atoms with Crippen LogP contribution in [0.3, 0.4) is 0 Å². The van der Waals surface area contributed by atoms with Crippen LogP contribution in [0.5, 0.6) is 0 Å².